The van der Waals surface area contributed by atoms with E-state index in [1.54, 1.807) is 0 Å². The van der Waals surface area contributed by atoms with Gasteiger partial charge in [-0.25, -0.2) is 9.59 Å². The van der Waals surface area contributed by atoms with E-state index in [1.807, 2.05) is 0 Å². The quantitative estimate of drug-likeness (QED) is 0.211. The van der Waals surface area contributed by atoms with E-state index in [0.29, 0.717) is 6.61 Å². The van der Waals surface area contributed by atoms with Crippen LogP contribution in [-0.2, 0) is 14.3 Å². The summed E-state index contributed by atoms with van der Waals surface area (Å²) in [5, 5.41) is 8.37. The Bertz CT molecular complexity index is 337. The first-order valence-corrected chi connectivity index (χ1v) is 9.74. The fraction of sp³-hybridized carbons (Fsp3) is 0.800. The molecule has 0 rings (SSSR count). The summed E-state index contributed by atoms with van der Waals surface area (Å²) >= 11 is 0. The van der Waals surface area contributed by atoms with Crippen LogP contribution in [-0.4, -0.2) is 23.7 Å². The highest BCUT2D eigenvalue weighted by atomic mass is 16.5. The molecular formula is C20H36O4. The molecule has 0 radical (unpaired) electrons. The molecule has 4 nitrogen and oxygen atoms in total. The number of carbonyl (C=O) groups excluding carboxylic acids is 1. The van der Waals surface area contributed by atoms with Gasteiger partial charge in [0, 0.05) is 12.2 Å². The van der Waals surface area contributed by atoms with Gasteiger partial charge in [-0.1, -0.05) is 90.4 Å². The molecule has 24 heavy (non-hydrogen) atoms. The van der Waals surface area contributed by atoms with Crippen molar-refractivity contribution in [3.05, 3.63) is 12.2 Å². The number of ether oxygens (including phenoxy) is 1. The van der Waals surface area contributed by atoms with Gasteiger partial charge in [0.25, 0.3) is 0 Å². The number of rotatable bonds is 17. The lowest BCUT2D eigenvalue weighted by molar-refractivity contribution is -0.138. The fourth-order valence-electron chi connectivity index (χ4n) is 2.66. The van der Waals surface area contributed by atoms with Gasteiger partial charge < -0.3 is 9.84 Å². The Hall–Kier alpha value is -1.32. The van der Waals surface area contributed by atoms with Crippen molar-refractivity contribution in [1.29, 1.82) is 0 Å². The van der Waals surface area contributed by atoms with Crippen molar-refractivity contribution in [3.8, 4) is 0 Å². The van der Waals surface area contributed by atoms with E-state index in [-0.39, 0.29) is 0 Å². The highest BCUT2D eigenvalue weighted by Gasteiger charge is 1.98. The van der Waals surface area contributed by atoms with Crippen molar-refractivity contribution in [2.24, 2.45) is 0 Å². The molecule has 0 bridgehead atoms. The number of carbonyl (C=O) groups is 2. The van der Waals surface area contributed by atoms with Crippen LogP contribution in [0.2, 0.25) is 0 Å². The average Bonchev–Trinajstić information content (AvgIpc) is 2.56. The number of hydrogen-bond donors (Lipinski definition) is 1. The summed E-state index contributed by atoms with van der Waals surface area (Å²) in [6, 6.07) is 0. The largest absolute Gasteiger partial charge is 0.478 e. The van der Waals surface area contributed by atoms with Crippen LogP contribution in [0.25, 0.3) is 0 Å². The predicted molar refractivity (Wildman–Crippen MR) is 98.0 cm³/mol. The molecule has 0 aliphatic carbocycles. The second-order valence-corrected chi connectivity index (χ2v) is 6.44. The summed E-state index contributed by atoms with van der Waals surface area (Å²) in [6.07, 6.45) is 19.8. The Morgan fingerprint density at radius 1 is 0.708 bits per heavy atom. The molecule has 0 saturated heterocycles. The van der Waals surface area contributed by atoms with Gasteiger partial charge in [0.05, 0.1) is 6.61 Å². The molecule has 0 unspecified atom stereocenters. The van der Waals surface area contributed by atoms with Crippen LogP contribution in [0.15, 0.2) is 12.2 Å². The molecule has 0 heterocycles. The van der Waals surface area contributed by atoms with E-state index < -0.39 is 11.9 Å². The van der Waals surface area contributed by atoms with Crippen LogP contribution >= 0.6 is 0 Å². The topological polar surface area (TPSA) is 63.6 Å². The third-order valence-electron chi connectivity index (χ3n) is 4.10. The number of hydrogen-bond acceptors (Lipinski definition) is 3. The van der Waals surface area contributed by atoms with Crippen LogP contribution in [0.5, 0.6) is 0 Å². The third-order valence-corrected chi connectivity index (χ3v) is 4.10. The average molecular weight is 341 g/mol. The monoisotopic (exact) mass is 340 g/mol. The van der Waals surface area contributed by atoms with Gasteiger partial charge in [0.2, 0.25) is 0 Å². The maximum atomic E-state index is 11.1. The first-order valence-electron chi connectivity index (χ1n) is 9.74. The van der Waals surface area contributed by atoms with E-state index in [4.69, 9.17) is 9.84 Å². The molecule has 1 N–H and O–H groups in total. The lowest BCUT2D eigenvalue weighted by atomic mass is 10.0. The molecule has 0 amide bonds. The van der Waals surface area contributed by atoms with Crippen molar-refractivity contribution >= 4 is 11.9 Å². The molecule has 0 aromatic rings. The zero-order valence-electron chi connectivity index (χ0n) is 15.4. The van der Waals surface area contributed by atoms with Crippen molar-refractivity contribution in [2.75, 3.05) is 6.61 Å². The molecule has 0 atom stereocenters. The number of carboxylic acid groups (broad SMARTS) is 1. The Morgan fingerprint density at radius 3 is 1.54 bits per heavy atom. The summed E-state index contributed by atoms with van der Waals surface area (Å²) in [5.41, 5.74) is 0. The maximum absolute atomic E-state index is 11.1. The molecule has 0 aliphatic heterocycles. The smallest absolute Gasteiger partial charge is 0.331 e. The summed E-state index contributed by atoms with van der Waals surface area (Å²) in [5.74, 6) is -1.71. The number of unbranched alkanes of at least 4 members (excludes halogenated alkanes) is 13. The minimum Gasteiger partial charge on any atom is -0.478 e. The fourth-order valence-corrected chi connectivity index (χ4v) is 2.66. The summed E-state index contributed by atoms with van der Waals surface area (Å²) < 4.78 is 4.91. The number of aliphatic carboxylic acids is 1. The van der Waals surface area contributed by atoms with E-state index in [9.17, 15) is 9.59 Å². The summed E-state index contributed by atoms with van der Waals surface area (Å²) in [6.45, 7) is 2.63. The Morgan fingerprint density at radius 2 is 1.12 bits per heavy atom. The number of esters is 1. The molecular weight excluding hydrogens is 304 g/mol. The normalized spacial score (nSPS) is 11.0. The first-order chi connectivity index (χ1) is 11.7. The van der Waals surface area contributed by atoms with Gasteiger partial charge in [0.1, 0.15) is 0 Å². The maximum Gasteiger partial charge on any atom is 0.331 e. The Kier molecular flexibility index (Phi) is 17.0. The van der Waals surface area contributed by atoms with Crippen molar-refractivity contribution in [3.63, 3.8) is 0 Å². The van der Waals surface area contributed by atoms with Crippen LogP contribution in [0.4, 0.5) is 0 Å². The molecule has 0 aromatic carbocycles. The van der Waals surface area contributed by atoms with Gasteiger partial charge in [-0.2, -0.15) is 0 Å². The predicted octanol–water partition coefficient (Wildman–Crippen LogP) is 5.65. The molecule has 0 fully saturated rings. The third kappa shape index (κ3) is 18.7. The van der Waals surface area contributed by atoms with Crippen LogP contribution in [0.3, 0.4) is 0 Å². The van der Waals surface area contributed by atoms with Crippen LogP contribution < -0.4 is 0 Å². The second-order valence-electron chi connectivity index (χ2n) is 6.44. The summed E-state index contributed by atoms with van der Waals surface area (Å²) in [7, 11) is 0. The van der Waals surface area contributed by atoms with E-state index >= 15 is 0 Å². The SMILES string of the molecule is CCCCCCCCCCCCCCCCOC(=O)/C=C/C(=O)O. The zero-order chi connectivity index (χ0) is 17.9. The van der Waals surface area contributed by atoms with Gasteiger partial charge in [-0.3, -0.25) is 0 Å². The van der Waals surface area contributed by atoms with Crippen molar-refractivity contribution in [2.45, 2.75) is 96.8 Å². The molecule has 0 aromatic heterocycles. The van der Waals surface area contributed by atoms with E-state index in [2.05, 4.69) is 6.92 Å². The van der Waals surface area contributed by atoms with E-state index in [0.717, 1.165) is 25.0 Å². The van der Waals surface area contributed by atoms with Gasteiger partial charge >= 0.3 is 11.9 Å². The molecule has 0 spiro atoms. The highest BCUT2D eigenvalue weighted by molar-refractivity contribution is 5.90. The minimum atomic E-state index is -1.14. The lowest BCUT2D eigenvalue weighted by Gasteiger charge is -2.04. The molecule has 4 heteroatoms. The first kappa shape index (κ1) is 22.7. The van der Waals surface area contributed by atoms with Gasteiger partial charge in [-0.05, 0) is 6.42 Å². The van der Waals surface area contributed by atoms with Crippen molar-refractivity contribution in [1.82, 2.24) is 0 Å². The summed E-state index contributed by atoms with van der Waals surface area (Å²) in [4.78, 5) is 21.3. The second kappa shape index (κ2) is 18.0. The van der Waals surface area contributed by atoms with Gasteiger partial charge in [0.15, 0.2) is 0 Å². The molecule has 0 aliphatic rings. The molecule has 0 saturated carbocycles. The lowest BCUT2D eigenvalue weighted by Crippen LogP contribution is -2.03. The van der Waals surface area contributed by atoms with Crippen LogP contribution in [0.1, 0.15) is 96.8 Å². The molecule has 140 valence electrons. The Balaban J connectivity index is 3.15. The standard InChI is InChI=1S/C20H36O4/c1-2-3-4-5-6-7-8-9-10-11-12-13-14-15-18-24-20(23)17-16-19(21)22/h16-17H,2-15,18H2,1H3,(H,21,22)/b17-16+. The highest BCUT2D eigenvalue weighted by Crippen LogP contribution is 2.12. The van der Waals surface area contributed by atoms with Crippen molar-refractivity contribution < 1.29 is 19.4 Å². The van der Waals surface area contributed by atoms with Gasteiger partial charge in [-0.15, -0.1) is 0 Å². The Labute approximate surface area is 147 Å². The number of carboxylic acids is 1. The minimum absolute atomic E-state index is 0.376. The van der Waals surface area contributed by atoms with E-state index in [1.165, 1.54) is 77.0 Å². The zero-order valence-corrected chi connectivity index (χ0v) is 15.4. The van der Waals surface area contributed by atoms with Crippen LogP contribution in [0, 0.1) is 0 Å².